The Morgan fingerprint density at radius 1 is 0.794 bits per heavy atom. The van der Waals surface area contributed by atoms with Gasteiger partial charge in [0.2, 0.25) is 0 Å². The van der Waals surface area contributed by atoms with Gasteiger partial charge in [-0.1, -0.05) is 90.0 Å². The lowest BCUT2D eigenvalue weighted by molar-refractivity contribution is -0.0368. The van der Waals surface area contributed by atoms with Crippen molar-refractivity contribution in [2.75, 3.05) is 0 Å². The lowest BCUT2D eigenvalue weighted by Crippen LogP contribution is -2.50. The molecular formula is C27H23ClN2O3S. The Morgan fingerprint density at radius 2 is 1.44 bits per heavy atom. The molecule has 0 aromatic heterocycles. The first kappa shape index (κ1) is 22.6. The first-order valence-corrected chi connectivity index (χ1v) is 12.7. The number of fused-ring (bicyclic) bond motifs is 1. The minimum Gasteiger partial charge on any atom is -0.469 e. The lowest BCUT2D eigenvalue weighted by Gasteiger charge is -2.42. The van der Waals surface area contributed by atoms with Gasteiger partial charge in [0.1, 0.15) is 5.75 Å². The summed E-state index contributed by atoms with van der Waals surface area (Å²) >= 11 is 6.16. The molecular weight excluding hydrogens is 468 g/mol. The average molecular weight is 491 g/mol. The Hall–Kier alpha value is -3.16. The maximum atomic E-state index is 13.5. The van der Waals surface area contributed by atoms with Crippen molar-refractivity contribution in [2.45, 2.75) is 24.1 Å². The monoisotopic (exact) mass is 490 g/mol. The molecule has 0 bridgehead atoms. The highest BCUT2D eigenvalue weighted by atomic mass is 35.5. The quantitative estimate of drug-likeness (QED) is 0.371. The van der Waals surface area contributed by atoms with Crippen LogP contribution in [0.3, 0.4) is 0 Å². The number of ether oxygens (including phenoxy) is 1. The van der Waals surface area contributed by atoms with E-state index < -0.39 is 22.3 Å². The molecule has 1 N–H and O–H groups in total. The molecule has 5 rings (SSSR count). The van der Waals surface area contributed by atoms with E-state index in [1.807, 2.05) is 73.7 Å². The summed E-state index contributed by atoms with van der Waals surface area (Å²) in [4.78, 5) is 3.01. The van der Waals surface area contributed by atoms with Crippen LogP contribution in [0, 0.1) is 6.92 Å². The minimum atomic E-state index is -3.90. The number of hydrogen-bond donors (Lipinski definition) is 1. The van der Waals surface area contributed by atoms with Crippen LogP contribution >= 0.6 is 11.6 Å². The summed E-state index contributed by atoms with van der Waals surface area (Å²) in [5, 5.41) is 2.27. The zero-order valence-corrected chi connectivity index (χ0v) is 20.0. The second kappa shape index (κ2) is 9.24. The molecule has 1 unspecified atom stereocenters. The zero-order valence-electron chi connectivity index (χ0n) is 18.4. The van der Waals surface area contributed by atoms with Gasteiger partial charge >= 0.3 is 0 Å². The SMILES string of the molecule is Cc1ccc(S(=O)(=O)NN2C(c3ccccc3)Oc3ccccc3[C@@H]2c2ccc(Cl)cc2)cc1. The second-order valence-corrected chi connectivity index (χ2v) is 10.3. The minimum absolute atomic E-state index is 0.179. The third-order valence-corrected chi connectivity index (χ3v) is 7.41. The number of hydrogen-bond acceptors (Lipinski definition) is 4. The molecule has 1 heterocycles. The van der Waals surface area contributed by atoms with Gasteiger partial charge in [0.25, 0.3) is 10.0 Å². The third kappa shape index (κ3) is 4.45. The maximum Gasteiger partial charge on any atom is 0.253 e. The molecule has 0 saturated carbocycles. The third-order valence-electron chi connectivity index (χ3n) is 5.81. The molecule has 0 saturated heterocycles. The normalized spacial score (nSPS) is 18.2. The van der Waals surface area contributed by atoms with Crippen LogP contribution in [0.5, 0.6) is 5.75 Å². The predicted octanol–water partition coefficient (Wildman–Crippen LogP) is 6.02. The van der Waals surface area contributed by atoms with Crippen LogP contribution in [0.2, 0.25) is 5.02 Å². The van der Waals surface area contributed by atoms with E-state index in [1.165, 1.54) is 0 Å². The molecule has 1 aliphatic heterocycles. The van der Waals surface area contributed by atoms with Crippen LogP contribution in [-0.2, 0) is 10.0 Å². The Bertz CT molecular complexity index is 1390. The molecule has 1 aliphatic rings. The molecule has 4 aromatic carbocycles. The number of aryl methyl sites for hydroxylation is 1. The fraction of sp³-hybridized carbons (Fsp3) is 0.111. The van der Waals surface area contributed by atoms with E-state index in [2.05, 4.69) is 4.83 Å². The van der Waals surface area contributed by atoms with Crippen molar-refractivity contribution in [1.29, 1.82) is 0 Å². The smallest absolute Gasteiger partial charge is 0.253 e. The van der Waals surface area contributed by atoms with Crippen LogP contribution < -0.4 is 9.57 Å². The average Bonchev–Trinajstić information content (AvgIpc) is 2.85. The second-order valence-electron chi connectivity index (χ2n) is 8.19. The fourth-order valence-corrected chi connectivity index (χ4v) is 5.32. The summed E-state index contributed by atoms with van der Waals surface area (Å²) < 4.78 is 33.4. The summed E-state index contributed by atoms with van der Waals surface area (Å²) in [6.45, 7) is 1.92. The number of hydrazine groups is 1. The van der Waals surface area contributed by atoms with Crippen molar-refractivity contribution in [2.24, 2.45) is 0 Å². The summed E-state index contributed by atoms with van der Waals surface area (Å²) in [7, 11) is -3.90. The summed E-state index contributed by atoms with van der Waals surface area (Å²) in [5.41, 5.74) is 3.54. The van der Waals surface area contributed by atoms with Gasteiger partial charge in [-0.3, -0.25) is 0 Å². The van der Waals surface area contributed by atoms with Crippen molar-refractivity contribution in [3.63, 3.8) is 0 Å². The van der Waals surface area contributed by atoms with E-state index in [4.69, 9.17) is 16.3 Å². The van der Waals surface area contributed by atoms with E-state index in [-0.39, 0.29) is 4.90 Å². The standard InChI is InChI=1S/C27H23ClN2O3S/c1-19-11-17-23(18-12-19)34(31,32)29-30-26(20-13-15-22(28)16-14-20)24-9-5-6-10-25(24)33-27(30)21-7-3-2-4-8-21/h2-18,26-27,29H,1H3/t26-,27?/m0/s1. The largest absolute Gasteiger partial charge is 0.469 e. The van der Waals surface area contributed by atoms with Crippen molar-refractivity contribution in [3.8, 4) is 5.75 Å². The first-order chi connectivity index (χ1) is 16.4. The van der Waals surface area contributed by atoms with Gasteiger partial charge < -0.3 is 4.74 Å². The molecule has 4 aromatic rings. The number of sulfonamides is 1. The predicted molar refractivity (Wildman–Crippen MR) is 133 cm³/mol. The van der Waals surface area contributed by atoms with Crippen molar-refractivity contribution in [3.05, 3.63) is 130 Å². The van der Waals surface area contributed by atoms with Gasteiger partial charge in [-0.25, -0.2) is 8.42 Å². The number of nitrogens with zero attached hydrogens (tertiary/aromatic N) is 1. The van der Waals surface area contributed by atoms with Crippen molar-refractivity contribution < 1.29 is 13.2 Å². The molecule has 7 heteroatoms. The van der Waals surface area contributed by atoms with E-state index in [9.17, 15) is 8.42 Å². The zero-order chi connectivity index (χ0) is 23.7. The molecule has 34 heavy (non-hydrogen) atoms. The number of nitrogens with one attached hydrogen (secondary N) is 1. The molecule has 5 nitrogen and oxygen atoms in total. The molecule has 172 valence electrons. The maximum absolute atomic E-state index is 13.5. The summed E-state index contributed by atoms with van der Waals surface area (Å²) in [6, 6.07) is 31.0. The molecule has 0 spiro atoms. The van der Waals surface area contributed by atoms with Crippen LogP contribution in [0.1, 0.15) is 34.5 Å². The van der Waals surface area contributed by atoms with Gasteiger partial charge in [-0.15, -0.1) is 4.83 Å². The molecule has 0 amide bonds. The molecule has 2 atom stereocenters. The van der Waals surface area contributed by atoms with E-state index in [1.54, 1.807) is 41.4 Å². The highest BCUT2D eigenvalue weighted by molar-refractivity contribution is 7.89. The fourth-order valence-electron chi connectivity index (χ4n) is 4.12. The Labute approximate surface area is 204 Å². The van der Waals surface area contributed by atoms with E-state index >= 15 is 0 Å². The molecule has 0 fully saturated rings. The van der Waals surface area contributed by atoms with E-state index in [0.29, 0.717) is 10.8 Å². The highest BCUT2D eigenvalue weighted by Crippen LogP contribution is 2.44. The van der Waals surface area contributed by atoms with Crippen LogP contribution in [-0.4, -0.2) is 13.4 Å². The Kier molecular flexibility index (Phi) is 6.15. The van der Waals surface area contributed by atoms with Crippen LogP contribution in [0.15, 0.2) is 108 Å². The molecule has 0 radical (unpaired) electrons. The summed E-state index contributed by atoms with van der Waals surface area (Å²) in [6.07, 6.45) is -0.697. The van der Waals surface area contributed by atoms with Gasteiger partial charge in [0, 0.05) is 16.1 Å². The van der Waals surface area contributed by atoms with Crippen molar-refractivity contribution in [1.82, 2.24) is 9.84 Å². The highest BCUT2D eigenvalue weighted by Gasteiger charge is 2.40. The van der Waals surface area contributed by atoms with Crippen molar-refractivity contribution >= 4 is 21.6 Å². The number of halogens is 1. The lowest BCUT2D eigenvalue weighted by atomic mass is 9.95. The van der Waals surface area contributed by atoms with E-state index in [0.717, 1.165) is 22.3 Å². The first-order valence-electron chi connectivity index (χ1n) is 10.9. The number of rotatable bonds is 5. The molecule has 0 aliphatic carbocycles. The van der Waals surface area contributed by atoms with Crippen LogP contribution in [0.25, 0.3) is 0 Å². The van der Waals surface area contributed by atoms with Gasteiger partial charge in [0.05, 0.1) is 10.9 Å². The topological polar surface area (TPSA) is 58.6 Å². The summed E-state index contributed by atoms with van der Waals surface area (Å²) in [5.74, 6) is 0.696. The van der Waals surface area contributed by atoms with Crippen LogP contribution in [0.4, 0.5) is 0 Å². The number of para-hydroxylation sites is 1. The van der Waals surface area contributed by atoms with Gasteiger partial charge in [-0.2, -0.15) is 5.01 Å². The number of benzene rings is 4. The Balaban J connectivity index is 1.67. The van der Waals surface area contributed by atoms with Gasteiger partial charge in [0.15, 0.2) is 6.23 Å². The van der Waals surface area contributed by atoms with Gasteiger partial charge in [-0.05, 0) is 42.8 Å². The Morgan fingerprint density at radius 3 is 2.15 bits per heavy atom.